The molecule has 0 saturated heterocycles. The average Bonchev–Trinajstić information content (AvgIpc) is 3.72. The summed E-state index contributed by atoms with van der Waals surface area (Å²) in [6.45, 7) is 0.277. The van der Waals surface area contributed by atoms with E-state index in [-0.39, 0.29) is 12.2 Å². The van der Waals surface area contributed by atoms with Gasteiger partial charge in [-0.2, -0.15) is 0 Å². The molecule has 3 aromatic heterocycles. The topological polar surface area (TPSA) is 57.0 Å². The summed E-state index contributed by atoms with van der Waals surface area (Å²) in [6, 6.07) is 25.7. The lowest BCUT2D eigenvalue weighted by atomic mass is 9.99. The highest BCUT2D eigenvalue weighted by Crippen LogP contribution is 2.35. The van der Waals surface area contributed by atoms with Gasteiger partial charge in [-0.1, -0.05) is 24.3 Å². The molecule has 5 aromatic rings. The summed E-state index contributed by atoms with van der Waals surface area (Å²) >= 11 is 0. The largest absolute Gasteiger partial charge is 0.473 e. The van der Waals surface area contributed by atoms with Crippen LogP contribution in [0.2, 0.25) is 0 Å². The highest BCUT2D eigenvalue weighted by molar-refractivity contribution is 5.78. The monoisotopic (exact) mass is 459 g/mol. The SMILES string of the molecule is O=c1cc(COc2ccc3ccccc3n2)ccn1-c1ccc(CC2CC2)cc1-c1ccncc1. The standard InChI is InChI=1S/C30H25N3O2/c34-30-19-23(20-35-29-10-8-25-3-1-2-4-27(25)32-29)13-16-33(30)28-9-7-22(17-21-5-6-21)18-26(28)24-11-14-31-15-12-24/h1-4,7-16,18-19,21H,5-6,17,20H2. The van der Waals surface area contributed by atoms with Crippen molar-refractivity contribution in [2.75, 3.05) is 0 Å². The van der Waals surface area contributed by atoms with E-state index < -0.39 is 0 Å². The Balaban J connectivity index is 1.28. The molecule has 5 heteroatoms. The second-order valence-electron chi connectivity index (χ2n) is 9.11. The molecule has 3 heterocycles. The van der Waals surface area contributed by atoms with E-state index in [0.29, 0.717) is 5.88 Å². The van der Waals surface area contributed by atoms with E-state index in [0.717, 1.165) is 45.6 Å². The van der Waals surface area contributed by atoms with Crippen molar-refractivity contribution in [3.8, 4) is 22.7 Å². The molecular weight excluding hydrogens is 434 g/mol. The molecular formula is C30H25N3O2. The van der Waals surface area contributed by atoms with Crippen LogP contribution >= 0.6 is 0 Å². The Morgan fingerprint density at radius 3 is 2.57 bits per heavy atom. The number of rotatable bonds is 7. The third-order valence-corrected chi connectivity index (χ3v) is 6.48. The van der Waals surface area contributed by atoms with Crippen molar-refractivity contribution in [1.82, 2.24) is 14.5 Å². The van der Waals surface area contributed by atoms with Crippen LogP contribution in [0.1, 0.15) is 24.0 Å². The molecule has 0 amide bonds. The van der Waals surface area contributed by atoms with E-state index in [2.05, 4.69) is 28.2 Å². The number of para-hydroxylation sites is 1. The van der Waals surface area contributed by atoms with Crippen LogP contribution in [-0.4, -0.2) is 14.5 Å². The maximum atomic E-state index is 13.2. The summed E-state index contributed by atoms with van der Waals surface area (Å²) in [4.78, 5) is 21.9. The summed E-state index contributed by atoms with van der Waals surface area (Å²) < 4.78 is 7.59. The van der Waals surface area contributed by atoms with Gasteiger partial charge in [-0.05, 0) is 84.3 Å². The van der Waals surface area contributed by atoms with Crippen LogP contribution in [0.25, 0.3) is 27.7 Å². The molecule has 1 fully saturated rings. The molecule has 6 rings (SSSR count). The first-order valence-corrected chi connectivity index (χ1v) is 12.0. The Kier molecular flexibility index (Phi) is 5.59. The summed E-state index contributed by atoms with van der Waals surface area (Å²) in [5.74, 6) is 1.34. The zero-order chi connectivity index (χ0) is 23.6. The summed E-state index contributed by atoms with van der Waals surface area (Å²) in [7, 11) is 0. The Morgan fingerprint density at radius 2 is 1.74 bits per heavy atom. The smallest absolute Gasteiger partial charge is 0.255 e. The quantitative estimate of drug-likeness (QED) is 0.300. The number of benzene rings is 2. The summed E-state index contributed by atoms with van der Waals surface area (Å²) in [6.07, 6.45) is 9.11. The molecule has 1 saturated carbocycles. The van der Waals surface area contributed by atoms with E-state index in [4.69, 9.17) is 4.74 Å². The second kappa shape index (κ2) is 9.18. The van der Waals surface area contributed by atoms with Gasteiger partial charge in [-0.15, -0.1) is 0 Å². The van der Waals surface area contributed by atoms with E-state index in [1.54, 1.807) is 23.0 Å². The van der Waals surface area contributed by atoms with Gasteiger partial charge in [0.25, 0.3) is 5.56 Å². The molecule has 35 heavy (non-hydrogen) atoms. The van der Waals surface area contributed by atoms with E-state index in [1.807, 2.05) is 60.8 Å². The van der Waals surface area contributed by atoms with Crippen LogP contribution in [-0.2, 0) is 13.0 Å². The van der Waals surface area contributed by atoms with Gasteiger partial charge in [-0.3, -0.25) is 14.3 Å². The fourth-order valence-corrected chi connectivity index (χ4v) is 4.43. The van der Waals surface area contributed by atoms with Crippen LogP contribution in [0.15, 0.2) is 102 Å². The Bertz CT molecular complexity index is 1560. The van der Waals surface area contributed by atoms with Crippen LogP contribution in [0.5, 0.6) is 5.88 Å². The van der Waals surface area contributed by atoms with Gasteiger partial charge in [0.2, 0.25) is 5.88 Å². The lowest BCUT2D eigenvalue weighted by molar-refractivity contribution is 0.294. The minimum Gasteiger partial charge on any atom is -0.473 e. The van der Waals surface area contributed by atoms with Gasteiger partial charge >= 0.3 is 0 Å². The van der Waals surface area contributed by atoms with Crippen molar-refractivity contribution in [2.24, 2.45) is 5.92 Å². The molecule has 2 aromatic carbocycles. The second-order valence-corrected chi connectivity index (χ2v) is 9.11. The number of hydrogen-bond acceptors (Lipinski definition) is 4. The van der Waals surface area contributed by atoms with Crippen LogP contribution in [0.3, 0.4) is 0 Å². The zero-order valence-electron chi connectivity index (χ0n) is 19.3. The molecule has 1 aliphatic rings. The van der Waals surface area contributed by atoms with Gasteiger partial charge in [0.05, 0.1) is 11.2 Å². The molecule has 0 spiro atoms. The molecule has 5 nitrogen and oxygen atoms in total. The van der Waals surface area contributed by atoms with Gasteiger partial charge < -0.3 is 4.74 Å². The normalized spacial score (nSPS) is 13.1. The van der Waals surface area contributed by atoms with Gasteiger partial charge in [0.15, 0.2) is 0 Å². The Morgan fingerprint density at radius 1 is 0.886 bits per heavy atom. The minimum absolute atomic E-state index is 0.0946. The third kappa shape index (κ3) is 4.71. The molecule has 0 radical (unpaired) electrons. The lowest BCUT2D eigenvalue weighted by Gasteiger charge is -2.15. The Labute approximate surface area is 203 Å². The van der Waals surface area contributed by atoms with Gasteiger partial charge in [0, 0.05) is 41.7 Å². The van der Waals surface area contributed by atoms with Crippen molar-refractivity contribution in [1.29, 1.82) is 0 Å². The molecule has 1 aliphatic carbocycles. The number of fused-ring (bicyclic) bond motifs is 1. The number of nitrogens with zero attached hydrogens (tertiary/aromatic N) is 3. The lowest BCUT2D eigenvalue weighted by Crippen LogP contribution is -2.18. The third-order valence-electron chi connectivity index (χ3n) is 6.48. The van der Waals surface area contributed by atoms with Crippen molar-refractivity contribution in [3.05, 3.63) is 119 Å². The Hall–Kier alpha value is -4.25. The van der Waals surface area contributed by atoms with E-state index in [1.165, 1.54) is 18.4 Å². The van der Waals surface area contributed by atoms with Gasteiger partial charge in [-0.25, -0.2) is 4.98 Å². The predicted molar refractivity (Wildman–Crippen MR) is 138 cm³/mol. The number of hydrogen-bond donors (Lipinski definition) is 0. The molecule has 0 bridgehead atoms. The molecule has 0 atom stereocenters. The minimum atomic E-state index is -0.0946. The van der Waals surface area contributed by atoms with Crippen LogP contribution in [0, 0.1) is 5.92 Å². The highest BCUT2D eigenvalue weighted by atomic mass is 16.5. The summed E-state index contributed by atoms with van der Waals surface area (Å²) in [5.41, 5.74) is 5.86. The number of pyridine rings is 3. The van der Waals surface area contributed by atoms with Crippen molar-refractivity contribution >= 4 is 10.9 Å². The van der Waals surface area contributed by atoms with Gasteiger partial charge in [0.1, 0.15) is 6.61 Å². The highest BCUT2D eigenvalue weighted by Gasteiger charge is 2.22. The van der Waals surface area contributed by atoms with Crippen molar-refractivity contribution in [2.45, 2.75) is 25.9 Å². The fraction of sp³-hybridized carbons (Fsp3) is 0.167. The first-order chi connectivity index (χ1) is 17.2. The molecule has 172 valence electrons. The predicted octanol–water partition coefficient (Wildman–Crippen LogP) is 5.98. The molecule has 0 N–H and O–H groups in total. The van der Waals surface area contributed by atoms with Crippen molar-refractivity contribution < 1.29 is 4.74 Å². The average molecular weight is 460 g/mol. The zero-order valence-corrected chi connectivity index (χ0v) is 19.3. The first-order valence-electron chi connectivity index (χ1n) is 12.0. The van der Waals surface area contributed by atoms with E-state index in [9.17, 15) is 4.79 Å². The summed E-state index contributed by atoms with van der Waals surface area (Å²) in [5, 5.41) is 1.07. The van der Waals surface area contributed by atoms with Crippen molar-refractivity contribution in [3.63, 3.8) is 0 Å². The first kappa shape index (κ1) is 21.3. The maximum absolute atomic E-state index is 13.2. The molecule has 0 unspecified atom stereocenters. The maximum Gasteiger partial charge on any atom is 0.255 e. The van der Waals surface area contributed by atoms with Crippen LogP contribution < -0.4 is 10.3 Å². The number of aromatic nitrogens is 3. The van der Waals surface area contributed by atoms with E-state index >= 15 is 0 Å². The number of ether oxygens (including phenoxy) is 1. The molecule has 0 aliphatic heterocycles. The van der Waals surface area contributed by atoms with Crippen LogP contribution in [0.4, 0.5) is 0 Å². The fourth-order valence-electron chi connectivity index (χ4n) is 4.43.